The van der Waals surface area contributed by atoms with Crippen molar-refractivity contribution < 1.29 is 19.3 Å². The lowest BCUT2D eigenvalue weighted by atomic mass is 10.1. The molecule has 1 aliphatic rings. The first-order chi connectivity index (χ1) is 9.46. The molecule has 4 atom stereocenters. The van der Waals surface area contributed by atoms with Crippen LogP contribution in [0.4, 0.5) is 10.2 Å². The molecule has 0 bridgehead atoms. The van der Waals surface area contributed by atoms with Gasteiger partial charge in [-0.3, -0.25) is 4.57 Å². The Hall–Kier alpha value is -1.49. The maximum absolute atomic E-state index is 14.4. The van der Waals surface area contributed by atoms with Crippen molar-refractivity contribution in [2.45, 2.75) is 23.4 Å². The molecule has 0 spiro atoms. The number of aliphatic hydroxyl groups is 2. The van der Waals surface area contributed by atoms with Crippen molar-refractivity contribution in [2.24, 2.45) is 0 Å². The highest BCUT2D eigenvalue weighted by molar-refractivity contribution is 7.81. The van der Waals surface area contributed by atoms with E-state index in [9.17, 15) is 9.50 Å². The van der Waals surface area contributed by atoms with Crippen LogP contribution in [0.5, 0.6) is 0 Å². The van der Waals surface area contributed by atoms with Gasteiger partial charge >= 0.3 is 0 Å². The third-order valence-electron chi connectivity index (χ3n) is 3.24. The van der Waals surface area contributed by atoms with Gasteiger partial charge in [0.25, 0.3) is 5.85 Å². The summed E-state index contributed by atoms with van der Waals surface area (Å²) in [6, 6.07) is 0. The van der Waals surface area contributed by atoms with Crippen LogP contribution in [0, 0.1) is 0 Å². The zero-order chi connectivity index (χ0) is 14.5. The molecular formula is C10H12FN5O3S. The molecule has 10 heteroatoms. The van der Waals surface area contributed by atoms with E-state index in [1.807, 2.05) is 0 Å². The van der Waals surface area contributed by atoms with Gasteiger partial charge in [0.05, 0.1) is 18.2 Å². The lowest BCUT2D eigenvalue weighted by molar-refractivity contribution is -0.164. The number of fused-ring (bicyclic) bond motifs is 1. The summed E-state index contributed by atoms with van der Waals surface area (Å²) in [5.74, 6) is -2.65. The van der Waals surface area contributed by atoms with Gasteiger partial charge in [0, 0.05) is 0 Å². The number of halogens is 1. The molecule has 0 saturated carbocycles. The Balaban J connectivity index is 2.10. The molecule has 2 aromatic rings. The van der Waals surface area contributed by atoms with Gasteiger partial charge in [0.1, 0.15) is 17.9 Å². The second-order valence-electron chi connectivity index (χ2n) is 4.46. The average Bonchev–Trinajstić information content (AvgIpc) is 2.92. The Labute approximate surface area is 117 Å². The van der Waals surface area contributed by atoms with Gasteiger partial charge < -0.3 is 20.7 Å². The standard InChI is InChI=1S/C10H12FN5O3S/c11-10(18)6(20)4(1-17)19-9(10)16-3-15-5-7(12)13-2-14-8(5)16/h2-4,6,9,17-18,20H,1H2,(H2,12,13,14)/t4-,6-,9-,10-/m1/s1. The zero-order valence-electron chi connectivity index (χ0n) is 10.1. The fraction of sp³-hybridized carbons (Fsp3) is 0.500. The van der Waals surface area contributed by atoms with Crippen LogP contribution >= 0.6 is 12.6 Å². The minimum atomic E-state index is -2.79. The van der Waals surface area contributed by atoms with E-state index in [-0.39, 0.29) is 17.0 Å². The normalized spacial score (nSPS) is 33.9. The van der Waals surface area contributed by atoms with E-state index in [0.29, 0.717) is 0 Å². The topological polar surface area (TPSA) is 119 Å². The predicted molar refractivity (Wildman–Crippen MR) is 69.6 cm³/mol. The molecular weight excluding hydrogens is 289 g/mol. The number of hydrogen-bond acceptors (Lipinski definition) is 8. The second-order valence-corrected chi connectivity index (χ2v) is 5.02. The average molecular weight is 301 g/mol. The van der Waals surface area contributed by atoms with Crippen molar-refractivity contribution in [3.8, 4) is 0 Å². The largest absolute Gasteiger partial charge is 0.394 e. The van der Waals surface area contributed by atoms with Crippen LogP contribution < -0.4 is 5.73 Å². The number of imidazole rings is 1. The molecule has 3 rings (SSSR count). The van der Waals surface area contributed by atoms with Crippen LogP contribution in [0.15, 0.2) is 12.7 Å². The molecule has 108 valence electrons. The lowest BCUT2D eigenvalue weighted by Gasteiger charge is -2.23. The van der Waals surface area contributed by atoms with Crippen LogP contribution in [0.2, 0.25) is 0 Å². The van der Waals surface area contributed by atoms with Crippen molar-refractivity contribution in [1.82, 2.24) is 19.5 Å². The second kappa shape index (κ2) is 4.52. The van der Waals surface area contributed by atoms with E-state index in [1.54, 1.807) is 0 Å². The molecule has 1 fully saturated rings. The Bertz CT molecular complexity index is 651. The summed E-state index contributed by atoms with van der Waals surface area (Å²) < 4.78 is 20.9. The number of anilines is 1. The van der Waals surface area contributed by atoms with E-state index in [1.165, 1.54) is 17.2 Å². The molecule has 0 amide bonds. The first-order valence-electron chi connectivity index (χ1n) is 5.75. The Morgan fingerprint density at radius 3 is 2.90 bits per heavy atom. The number of aromatic nitrogens is 4. The molecule has 2 aromatic heterocycles. The summed E-state index contributed by atoms with van der Waals surface area (Å²) in [5.41, 5.74) is 6.13. The Morgan fingerprint density at radius 1 is 1.50 bits per heavy atom. The Morgan fingerprint density at radius 2 is 2.25 bits per heavy atom. The van der Waals surface area contributed by atoms with E-state index in [0.717, 1.165) is 0 Å². The summed E-state index contributed by atoms with van der Waals surface area (Å²) in [5, 5.41) is 17.8. The third-order valence-corrected chi connectivity index (χ3v) is 3.93. The zero-order valence-corrected chi connectivity index (χ0v) is 11.0. The number of alkyl halides is 1. The van der Waals surface area contributed by atoms with E-state index in [2.05, 4.69) is 27.6 Å². The summed E-state index contributed by atoms with van der Waals surface area (Å²) in [6.07, 6.45) is 0.0611. The lowest BCUT2D eigenvalue weighted by Crippen LogP contribution is -2.39. The van der Waals surface area contributed by atoms with Crippen LogP contribution in [0.25, 0.3) is 11.2 Å². The number of aliphatic hydroxyl groups excluding tert-OH is 1. The fourth-order valence-electron chi connectivity index (χ4n) is 2.19. The van der Waals surface area contributed by atoms with Crippen LogP contribution in [0.1, 0.15) is 6.23 Å². The predicted octanol–water partition coefficient (Wildman–Crippen LogP) is -0.745. The molecule has 0 unspecified atom stereocenters. The molecule has 0 aromatic carbocycles. The minimum Gasteiger partial charge on any atom is -0.394 e. The summed E-state index contributed by atoms with van der Waals surface area (Å²) in [7, 11) is 0. The summed E-state index contributed by atoms with van der Waals surface area (Å²) in [4.78, 5) is 11.7. The summed E-state index contributed by atoms with van der Waals surface area (Å²) >= 11 is 3.95. The first-order valence-corrected chi connectivity index (χ1v) is 6.27. The van der Waals surface area contributed by atoms with E-state index in [4.69, 9.17) is 15.6 Å². The highest BCUT2D eigenvalue weighted by Crippen LogP contribution is 2.43. The van der Waals surface area contributed by atoms with Gasteiger partial charge in [-0.15, -0.1) is 0 Å². The quantitative estimate of drug-likeness (QED) is 0.539. The number of ether oxygens (including phenoxy) is 1. The van der Waals surface area contributed by atoms with Gasteiger partial charge in [0.15, 0.2) is 17.7 Å². The monoisotopic (exact) mass is 301 g/mol. The van der Waals surface area contributed by atoms with Crippen molar-refractivity contribution in [1.29, 1.82) is 0 Å². The van der Waals surface area contributed by atoms with Gasteiger partial charge in [-0.2, -0.15) is 12.6 Å². The summed E-state index contributed by atoms with van der Waals surface area (Å²) in [6.45, 7) is -0.472. The number of nitrogen functional groups attached to an aromatic ring is 1. The number of hydrogen-bond donors (Lipinski definition) is 4. The van der Waals surface area contributed by atoms with Crippen molar-refractivity contribution >= 4 is 29.6 Å². The number of rotatable bonds is 2. The molecule has 1 saturated heterocycles. The fourth-order valence-corrected chi connectivity index (χ4v) is 2.48. The smallest absolute Gasteiger partial charge is 0.266 e. The van der Waals surface area contributed by atoms with Gasteiger partial charge in [-0.05, 0) is 0 Å². The highest BCUT2D eigenvalue weighted by Gasteiger charge is 2.56. The van der Waals surface area contributed by atoms with Crippen molar-refractivity contribution in [3.63, 3.8) is 0 Å². The van der Waals surface area contributed by atoms with Crippen molar-refractivity contribution in [3.05, 3.63) is 12.7 Å². The molecule has 0 radical (unpaired) electrons. The van der Waals surface area contributed by atoms with Crippen LogP contribution in [-0.2, 0) is 4.74 Å². The maximum Gasteiger partial charge on any atom is 0.266 e. The van der Waals surface area contributed by atoms with E-state index < -0.39 is 30.0 Å². The first kappa shape index (κ1) is 13.5. The molecule has 1 aliphatic heterocycles. The van der Waals surface area contributed by atoms with Gasteiger partial charge in [-0.25, -0.2) is 19.3 Å². The van der Waals surface area contributed by atoms with Crippen LogP contribution in [-0.4, -0.2) is 53.5 Å². The molecule has 3 heterocycles. The third kappa shape index (κ3) is 1.76. The number of thiol groups is 1. The minimum absolute atomic E-state index is 0.135. The van der Waals surface area contributed by atoms with Gasteiger partial charge in [-0.1, -0.05) is 0 Å². The van der Waals surface area contributed by atoms with Crippen molar-refractivity contribution in [2.75, 3.05) is 12.3 Å². The molecule has 20 heavy (non-hydrogen) atoms. The maximum atomic E-state index is 14.4. The SMILES string of the molecule is Nc1ncnc2c1ncn2[C@@H]1O[C@H](CO)[C@@H](S)[C@]1(O)F. The Kier molecular flexibility index (Phi) is 3.05. The molecule has 4 N–H and O–H groups in total. The van der Waals surface area contributed by atoms with Gasteiger partial charge in [0.2, 0.25) is 0 Å². The molecule has 8 nitrogen and oxygen atoms in total. The number of nitrogens with two attached hydrogens (primary N) is 1. The molecule has 0 aliphatic carbocycles. The van der Waals surface area contributed by atoms with E-state index >= 15 is 0 Å². The highest BCUT2D eigenvalue weighted by atomic mass is 32.1. The van der Waals surface area contributed by atoms with Crippen LogP contribution in [0.3, 0.4) is 0 Å². The number of nitrogens with zero attached hydrogens (tertiary/aromatic N) is 4.